The van der Waals surface area contributed by atoms with Gasteiger partial charge in [-0.2, -0.15) is 0 Å². The lowest BCUT2D eigenvalue weighted by Gasteiger charge is -2.09. The van der Waals surface area contributed by atoms with Crippen molar-refractivity contribution in [1.29, 1.82) is 0 Å². The largest absolute Gasteiger partial charge is 0.485 e. The average Bonchev–Trinajstić information content (AvgIpc) is 2.73. The molecule has 0 aliphatic heterocycles. The van der Waals surface area contributed by atoms with Crippen molar-refractivity contribution in [3.8, 4) is 5.75 Å². The molecule has 0 bridgehead atoms. The minimum Gasteiger partial charge on any atom is -0.485 e. The Morgan fingerprint density at radius 3 is 2.84 bits per heavy atom. The van der Waals surface area contributed by atoms with Crippen molar-refractivity contribution in [3.63, 3.8) is 0 Å². The van der Waals surface area contributed by atoms with Gasteiger partial charge in [0, 0.05) is 12.2 Å². The highest BCUT2D eigenvalue weighted by molar-refractivity contribution is 7.11. The van der Waals surface area contributed by atoms with E-state index in [1.54, 1.807) is 23.6 Å². The summed E-state index contributed by atoms with van der Waals surface area (Å²) in [6.45, 7) is 4.17. The SMILES string of the molecule is Cc1ncc(COc2ccc(CC(C)N)cc2F)s1. The molecule has 1 heterocycles. The van der Waals surface area contributed by atoms with E-state index in [1.807, 2.05) is 19.9 Å². The summed E-state index contributed by atoms with van der Waals surface area (Å²) < 4.78 is 19.3. The molecule has 2 aromatic rings. The fourth-order valence-corrected chi connectivity index (χ4v) is 2.49. The molecule has 3 nitrogen and oxygen atoms in total. The van der Waals surface area contributed by atoms with E-state index in [0.29, 0.717) is 13.0 Å². The maximum absolute atomic E-state index is 13.8. The van der Waals surface area contributed by atoms with Gasteiger partial charge in [0.25, 0.3) is 0 Å². The molecule has 0 radical (unpaired) electrons. The Morgan fingerprint density at radius 1 is 1.47 bits per heavy atom. The molecule has 0 saturated carbocycles. The Morgan fingerprint density at radius 2 is 2.26 bits per heavy atom. The highest BCUT2D eigenvalue weighted by atomic mass is 32.1. The fourth-order valence-electron chi connectivity index (χ4n) is 1.78. The molecule has 102 valence electrons. The predicted octanol–water partition coefficient (Wildman–Crippen LogP) is 3.06. The average molecular weight is 280 g/mol. The first-order valence-electron chi connectivity index (χ1n) is 6.12. The molecule has 2 N–H and O–H groups in total. The van der Waals surface area contributed by atoms with Gasteiger partial charge in [0.15, 0.2) is 11.6 Å². The van der Waals surface area contributed by atoms with E-state index in [1.165, 1.54) is 6.07 Å². The lowest BCUT2D eigenvalue weighted by atomic mass is 10.1. The summed E-state index contributed by atoms with van der Waals surface area (Å²) in [6.07, 6.45) is 2.41. The Labute approximate surface area is 116 Å². The van der Waals surface area contributed by atoms with Crippen LogP contribution in [0.25, 0.3) is 0 Å². The van der Waals surface area contributed by atoms with Crippen LogP contribution >= 0.6 is 11.3 Å². The summed E-state index contributed by atoms with van der Waals surface area (Å²) >= 11 is 1.55. The zero-order valence-corrected chi connectivity index (χ0v) is 11.8. The fraction of sp³-hybridized carbons (Fsp3) is 0.357. The second kappa shape index (κ2) is 6.12. The second-order valence-corrected chi connectivity index (χ2v) is 5.90. The second-order valence-electron chi connectivity index (χ2n) is 4.58. The Kier molecular flexibility index (Phi) is 4.50. The summed E-state index contributed by atoms with van der Waals surface area (Å²) in [4.78, 5) is 5.11. The normalized spacial score (nSPS) is 12.4. The van der Waals surface area contributed by atoms with Crippen LogP contribution in [0, 0.1) is 12.7 Å². The Bertz CT molecular complexity index is 554. The van der Waals surface area contributed by atoms with Crippen molar-refractivity contribution >= 4 is 11.3 Å². The third-order valence-electron chi connectivity index (χ3n) is 2.59. The van der Waals surface area contributed by atoms with E-state index in [9.17, 15) is 4.39 Å². The summed E-state index contributed by atoms with van der Waals surface area (Å²) in [5.41, 5.74) is 6.57. The van der Waals surface area contributed by atoms with Crippen LogP contribution in [0.3, 0.4) is 0 Å². The van der Waals surface area contributed by atoms with Crippen LogP contribution in [0.4, 0.5) is 4.39 Å². The molecule has 1 aromatic carbocycles. The molecule has 5 heteroatoms. The first kappa shape index (κ1) is 14.0. The van der Waals surface area contributed by atoms with Crippen LogP contribution in [-0.2, 0) is 13.0 Å². The third-order valence-corrected chi connectivity index (χ3v) is 3.48. The number of aromatic nitrogens is 1. The number of ether oxygens (including phenoxy) is 1. The van der Waals surface area contributed by atoms with Gasteiger partial charge in [0.05, 0.1) is 9.88 Å². The van der Waals surface area contributed by atoms with Crippen LogP contribution in [0.15, 0.2) is 24.4 Å². The zero-order chi connectivity index (χ0) is 13.8. The smallest absolute Gasteiger partial charge is 0.165 e. The summed E-state index contributed by atoms with van der Waals surface area (Å²) in [5, 5.41) is 0.978. The topological polar surface area (TPSA) is 48.1 Å². The molecule has 1 atom stereocenters. The zero-order valence-electron chi connectivity index (χ0n) is 11.0. The van der Waals surface area contributed by atoms with Crippen molar-refractivity contribution < 1.29 is 9.13 Å². The van der Waals surface area contributed by atoms with Crippen LogP contribution in [0.5, 0.6) is 5.75 Å². The molecule has 1 aromatic heterocycles. The van der Waals surface area contributed by atoms with Crippen molar-refractivity contribution in [3.05, 3.63) is 45.7 Å². The minimum atomic E-state index is -0.348. The number of rotatable bonds is 5. The van der Waals surface area contributed by atoms with Crippen LogP contribution in [-0.4, -0.2) is 11.0 Å². The summed E-state index contributed by atoms with van der Waals surface area (Å²) in [6, 6.07) is 5.00. The number of nitrogens with zero attached hydrogens (tertiary/aromatic N) is 1. The van der Waals surface area contributed by atoms with E-state index in [0.717, 1.165) is 15.4 Å². The molecular formula is C14H17FN2OS. The molecule has 19 heavy (non-hydrogen) atoms. The van der Waals surface area contributed by atoms with Crippen molar-refractivity contribution in [2.75, 3.05) is 0 Å². The predicted molar refractivity (Wildman–Crippen MR) is 74.9 cm³/mol. The number of hydrogen-bond acceptors (Lipinski definition) is 4. The summed E-state index contributed by atoms with van der Waals surface area (Å²) in [5.74, 6) is -0.0844. The first-order valence-corrected chi connectivity index (χ1v) is 6.94. The van der Waals surface area contributed by atoms with E-state index < -0.39 is 0 Å². The lowest BCUT2D eigenvalue weighted by Crippen LogP contribution is -2.17. The van der Waals surface area contributed by atoms with Crippen molar-refractivity contribution in [1.82, 2.24) is 4.98 Å². The Hall–Kier alpha value is -1.46. The number of halogens is 1. The lowest BCUT2D eigenvalue weighted by molar-refractivity contribution is 0.293. The molecule has 1 unspecified atom stereocenters. The molecule has 0 saturated heterocycles. The van der Waals surface area contributed by atoms with Gasteiger partial charge >= 0.3 is 0 Å². The molecule has 0 fully saturated rings. The maximum Gasteiger partial charge on any atom is 0.165 e. The Balaban J connectivity index is 2.00. The van der Waals surface area contributed by atoms with Gasteiger partial charge in [-0.3, -0.25) is 0 Å². The van der Waals surface area contributed by atoms with Gasteiger partial charge in [-0.1, -0.05) is 6.07 Å². The van der Waals surface area contributed by atoms with Crippen LogP contribution < -0.4 is 10.5 Å². The van der Waals surface area contributed by atoms with E-state index in [2.05, 4.69) is 4.98 Å². The summed E-state index contributed by atoms with van der Waals surface area (Å²) in [7, 11) is 0. The molecule has 0 aliphatic carbocycles. The number of aryl methyl sites for hydroxylation is 1. The van der Waals surface area contributed by atoms with Gasteiger partial charge < -0.3 is 10.5 Å². The highest BCUT2D eigenvalue weighted by Gasteiger charge is 2.07. The molecule has 0 spiro atoms. The third kappa shape index (κ3) is 4.01. The standard InChI is InChI=1S/C14H17FN2OS/c1-9(16)5-11-3-4-14(13(15)6-11)18-8-12-7-17-10(2)19-12/h3-4,6-7,9H,5,8,16H2,1-2H3. The quantitative estimate of drug-likeness (QED) is 0.915. The van der Waals surface area contributed by atoms with E-state index in [4.69, 9.17) is 10.5 Å². The number of thiazole rings is 1. The van der Waals surface area contributed by atoms with Gasteiger partial charge in [0.1, 0.15) is 6.61 Å². The molecular weight excluding hydrogens is 263 g/mol. The number of hydrogen-bond donors (Lipinski definition) is 1. The number of benzene rings is 1. The van der Waals surface area contributed by atoms with Gasteiger partial charge in [0.2, 0.25) is 0 Å². The highest BCUT2D eigenvalue weighted by Crippen LogP contribution is 2.21. The molecule has 2 rings (SSSR count). The van der Waals surface area contributed by atoms with Crippen molar-refractivity contribution in [2.24, 2.45) is 5.73 Å². The molecule has 0 amide bonds. The van der Waals surface area contributed by atoms with E-state index in [-0.39, 0.29) is 17.6 Å². The monoisotopic (exact) mass is 280 g/mol. The van der Waals surface area contributed by atoms with Gasteiger partial charge in [-0.15, -0.1) is 11.3 Å². The minimum absolute atomic E-state index is 0.0198. The van der Waals surface area contributed by atoms with Gasteiger partial charge in [-0.25, -0.2) is 9.37 Å². The van der Waals surface area contributed by atoms with E-state index >= 15 is 0 Å². The van der Waals surface area contributed by atoms with Crippen LogP contribution in [0.2, 0.25) is 0 Å². The van der Waals surface area contributed by atoms with Gasteiger partial charge in [-0.05, 0) is 38.0 Å². The molecule has 0 aliphatic rings. The number of nitrogens with two attached hydrogens (primary N) is 1. The van der Waals surface area contributed by atoms with Crippen molar-refractivity contribution in [2.45, 2.75) is 32.9 Å². The maximum atomic E-state index is 13.8. The van der Waals surface area contributed by atoms with Crippen LogP contribution in [0.1, 0.15) is 22.4 Å². The first-order chi connectivity index (χ1) is 9.04.